The fraction of sp³-hybridized carbons (Fsp3) is 0.952. The third-order valence-corrected chi connectivity index (χ3v) is 4.71. The molecule has 0 unspecified atom stereocenters. The summed E-state index contributed by atoms with van der Waals surface area (Å²) in [7, 11) is 1.60. The first-order chi connectivity index (χ1) is 12.2. The zero-order chi connectivity index (χ0) is 18.6. The van der Waals surface area contributed by atoms with Crippen molar-refractivity contribution in [1.82, 2.24) is 10.2 Å². The van der Waals surface area contributed by atoms with Crippen LogP contribution in [-0.4, -0.2) is 44.3 Å². The summed E-state index contributed by atoms with van der Waals surface area (Å²) in [4.78, 5) is 13.7. The topological polar surface area (TPSA) is 41.6 Å². The van der Waals surface area contributed by atoms with Crippen LogP contribution < -0.4 is 5.32 Å². The van der Waals surface area contributed by atoms with Gasteiger partial charge in [0.2, 0.25) is 0 Å². The maximum atomic E-state index is 11.1. The van der Waals surface area contributed by atoms with Crippen LogP contribution in [0.25, 0.3) is 0 Å². The van der Waals surface area contributed by atoms with Crippen LogP contribution in [0.5, 0.6) is 0 Å². The quantitative estimate of drug-likeness (QED) is 0.318. The molecule has 0 aliphatic heterocycles. The van der Waals surface area contributed by atoms with E-state index < -0.39 is 0 Å². The second kappa shape index (κ2) is 19.6. The van der Waals surface area contributed by atoms with Crippen molar-refractivity contribution in [2.75, 3.05) is 33.3 Å². The van der Waals surface area contributed by atoms with E-state index in [2.05, 4.69) is 24.1 Å². The van der Waals surface area contributed by atoms with Crippen LogP contribution in [-0.2, 0) is 4.74 Å². The van der Waals surface area contributed by atoms with Gasteiger partial charge in [0.25, 0.3) is 0 Å². The van der Waals surface area contributed by atoms with Gasteiger partial charge in [0.05, 0.1) is 6.61 Å². The zero-order valence-electron chi connectivity index (χ0n) is 17.3. The van der Waals surface area contributed by atoms with Gasteiger partial charge in [-0.3, -0.25) is 0 Å². The minimum absolute atomic E-state index is 0.321. The number of unbranched alkanes of at least 4 members (excludes halogenated alkanes) is 10. The number of hydrogen-bond donors (Lipinski definition) is 1. The second-order valence-electron chi connectivity index (χ2n) is 7.12. The maximum Gasteiger partial charge on any atom is 0.406 e. The molecule has 1 N–H and O–H groups in total. The largest absolute Gasteiger partial charge is 0.450 e. The number of nitrogens with zero attached hydrogens (tertiary/aromatic N) is 1. The van der Waals surface area contributed by atoms with Crippen molar-refractivity contribution in [3.8, 4) is 0 Å². The van der Waals surface area contributed by atoms with Crippen molar-refractivity contribution >= 4 is 6.09 Å². The molecule has 0 rings (SSSR count). The van der Waals surface area contributed by atoms with Crippen molar-refractivity contribution in [3.63, 3.8) is 0 Å². The Kier molecular flexibility index (Phi) is 19.0. The molecule has 0 aromatic carbocycles. The molecule has 0 fully saturated rings. The molecule has 0 aromatic heterocycles. The molecule has 0 saturated heterocycles. The van der Waals surface area contributed by atoms with Crippen molar-refractivity contribution < 1.29 is 9.53 Å². The minimum Gasteiger partial charge on any atom is -0.450 e. The molecule has 25 heavy (non-hydrogen) atoms. The highest BCUT2D eigenvalue weighted by Crippen LogP contribution is 2.09. The third kappa shape index (κ3) is 17.8. The van der Waals surface area contributed by atoms with E-state index in [0.717, 1.165) is 13.0 Å². The first kappa shape index (κ1) is 24.2. The highest BCUT2D eigenvalue weighted by atomic mass is 16.5. The average Bonchev–Trinajstić information content (AvgIpc) is 2.63. The summed E-state index contributed by atoms with van der Waals surface area (Å²) in [5, 5.41) is 2.50. The van der Waals surface area contributed by atoms with E-state index in [-0.39, 0.29) is 6.09 Å². The Morgan fingerprint density at radius 3 is 1.64 bits per heavy atom. The van der Waals surface area contributed by atoms with E-state index in [0.29, 0.717) is 6.61 Å². The van der Waals surface area contributed by atoms with Crippen LogP contribution >= 0.6 is 0 Å². The molecule has 0 spiro atoms. The van der Waals surface area contributed by atoms with Crippen molar-refractivity contribution in [2.24, 2.45) is 0 Å². The number of carbonyl (C=O) groups is 1. The number of nitrogens with one attached hydrogen (secondary N) is 1. The molecule has 4 nitrogen and oxygen atoms in total. The first-order valence-electron chi connectivity index (χ1n) is 10.8. The lowest BCUT2D eigenvalue weighted by molar-refractivity contribution is 0.139. The van der Waals surface area contributed by atoms with E-state index in [1.165, 1.54) is 90.1 Å². The predicted molar refractivity (Wildman–Crippen MR) is 108 cm³/mol. The Bertz CT molecular complexity index is 269. The van der Waals surface area contributed by atoms with Crippen LogP contribution in [0.3, 0.4) is 0 Å². The zero-order valence-corrected chi connectivity index (χ0v) is 17.3. The van der Waals surface area contributed by atoms with Gasteiger partial charge >= 0.3 is 6.09 Å². The van der Waals surface area contributed by atoms with Gasteiger partial charge < -0.3 is 15.0 Å². The molecule has 0 aromatic rings. The summed E-state index contributed by atoms with van der Waals surface area (Å²) >= 11 is 0. The van der Waals surface area contributed by atoms with Gasteiger partial charge in [-0.2, -0.15) is 0 Å². The summed E-state index contributed by atoms with van der Waals surface area (Å²) in [6.45, 7) is 8.48. The summed E-state index contributed by atoms with van der Waals surface area (Å²) in [6, 6.07) is 0. The van der Waals surface area contributed by atoms with Gasteiger partial charge in [-0.05, 0) is 32.4 Å². The molecule has 0 radical (unpaired) electrons. The van der Waals surface area contributed by atoms with Crippen molar-refractivity contribution in [2.45, 2.75) is 97.3 Å². The van der Waals surface area contributed by atoms with Crippen molar-refractivity contribution in [3.05, 3.63) is 0 Å². The van der Waals surface area contributed by atoms with Crippen LogP contribution in [0, 0.1) is 0 Å². The van der Waals surface area contributed by atoms with Crippen molar-refractivity contribution in [1.29, 1.82) is 0 Å². The van der Waals surface area contributed by atoms with E-state index in [1.54, 1.807) is 7.05 Å². The number of ether oxygens (including phenoxy) is 1. The van der Waals surface area contributed by atoms with Crippen LogP contribution in [0.2, 0.25) is 0 Å². The molecular formula is C21H44N2O2. The van der Waals surface area contributed by atoms with Crippen LogP contribution in [0.4, 0.5) is 4.79 Å². The molecule has 0 heterocycles. The van der Waals surface area contributed by atoms with E-state index in [1.807, 2.05) is 0 Å². The summed E-state index contributed by atoms with van der Waals surface area (Å²) in [5.74, 6) is 0. The number of alkyl carbamates (subject to hydrolysis) is 1. The molecular weight excluding hydrogens is 312 g/mol. The Morgan fingerprint density at radius 2 is 1.16 bits per heavy atom. The third-order valence-electron chi connectivity index (χ3n) is 4.71. The van der Waals surface area contributed by atoms with Crippen LogP contribution in [0.1, 0.15) is 97.3 Å². The highest BCUT2D eigenvalue weighted by molar-refractivity contribution is 5.66. The van der Waals surface area contributed by atoms with Gasteiger partial charge in [0, 0.05) is 13.6 Å². The minimum atomic E-state index is -0.321. The Hall–Kier alpha value is -0.770. The normalized spacial score (nSPS) is 11.0. The SMILES string of the molecule is CCCCCCCCN(CCCCCCCC)CCCOC(=O)NC. The number of hydrogen-bond acceptors (Lipinski definition) is 3. The summed E-state index contributed by atoms with van der Waals surface area (Å²) in [6.07, 6.45) is 16.8. The smallest absolute Gasteiger partial charge is 0.406 e. The maximum absolute atomic E-state index is 11.1. The highest BCUT2D eigenvalue weighted by Gasteiger charge is 2.06. The van der Waals surface area contributed by atoms with E-state index in [9.17, 15) is 4.79 Å². The van der Waals surface area contributed by atoms with Gasteiger partial charge in [-0.25, -0.2) is 4.79 Å². The molecule has 4 heteroatoms. The Balaban J connectivity index is 3.85. The predicted octanol–water partition coefficient (Wildman–Crippen LogP) is 5.76. The summed E-state index contributed by atoms with van der Waals surface area (Å²) < 4.78 is 5.10. The summed E-state index contributed by atoms with van der Waals surface area (Å²) in [5.41, 5.74) is 0. The Labute approximate surface area is 157 Å². The molecule has 150 valence electrons. The molecule has 0 atom stereocenters. The Morgan fingerprint density at radius 1 is 0.720 bits per heavy atom. The van der Waals surface area contributed by atoms with Gasteiger partial charge in [0.15, 0.2) is 0 Å². The average molecular weight is 357 g/mol. The number of amides is 1. The van der Waals surface area contributed by atoms with Gasteiger partial charge in [0.1, 0.15) is 0 Å². The number of rotatable bonds is 18. The molecule has 0 bridgehead atoms. The van der Waals surface area contributed by atoms with E-state index >= 15 is 0 Å². The lowest BCUT2D eigenvalue weighted by atomic mass is 10.1. The first-order valence-corrected chi connectivity index (χ1v) is 10.8. The number of carbonyl (C=O) groups excluding carboxylic acids is 1. The lowest BCUT2D eigenvalue weighted by Gasteiger charge is -2.22. The fourth-order valence-electron chi connectivity index (χ4n) is 3.09. The lowest BCUT2D eigenvalue weighted by Crippen LogP contribution is -2.29. The van der Waals surface area contributed by atoms with E-state index in [4.69, 9.17) is 4.74 Å². The van der Waals surface area contributed by atoms with Gasteiger partial charge in [-0.15, -0.1) is 0 Å². The second-order valence-corrected chi connectivity index (χ2v) is 7.12. The van der Waals surface area contributed by atoms with Gasteiger partial charge in [-0.1, -0.05) is 78.1 Å². The standard InChI is InChI=1S/C21H44N2O2/c1-4-6-8-10-12-14-17-23(18-15-13-11-9-7-5-2)19-16-20-25-21(24)22-3/h4-20H2,1-3H3,(H,22,24). The molecule has 0 aliphatic rings. The molecule has 0 aliphatic carbocycles. The molecule has 1 amide bonds. The fourth-order valence-corrected chi connectivity index (χ4v) is 3.09. The monoisotopic (exact) mass is 356 g/mol. The van der Waals surface area contributed by atoms with Crippen LogP contribution in [0.15, 0.2) is 0 Å². The molecule has 0 saturated carbocycles.